The molecule has 1 aliphatic carbocycles. The third-order valence-corrected chi connectivity index (χ3v) is 5.08. The molecule has 23 heavy (non-hydrogen) atoms. The predicted octanol–water partition coefficient (Wildman–Crippen LogP) is 1.98. The van der Waals surface area contributed by atoms with Gasteiger partial charge in [0.05, 0.1) is 5.39 Å². The molecule has 6 heteroatoms. The van der Waals surface area contributed by atoms with Crippen LogP contribution in [0.15, 0.2) is 0 Å². The number of nitrogens with one attached hydrogen (secondary N) is 2. The maximum atomic E-state index is 4.76. The predicted molar refractivity (Wildman–Crippen MR) is 93.2 cm³/mol. The molecule has 1 saturated heterocycles. The number of nitrogens with zero attached hydrogens (tertiary/aromatic N) is 4. The van der Waals surface area contributed by atoms with Crippen LogP contribution in [-0.2, 0) is 12.8 Å². The molecule has 0 amide bonds. The summed E-state index contributed by atoms with van der Waals surface area (Å²) in [6.07, 6.45) is 4.56. The molecule has 0 spiro atoms. The Balaban J connectivity index is 1.78. The van der Waals surface area contributed by atoms with Gasteiger partial charge in [0.25, 0.3) is 0 Å². The number of hydrogen-bond donors (Lipinski definition) is 2. The Morgan fingerprint density at radius 1 is 1.13 bits per heavy atom. The van der Waals surface area contributed by atoms with Crippen molar-refractivity contribution in [2.75, 3.05) is 37.8 Å². The minimum Gasteiger partial charge on any atom is -0.372 e. The summed E-state index contributed by atoms with van der Waals surface area (Å²) in [5, 5.41) is 7.84. The summed E-state index contributed by atoms with van der Waals surface area (Å²) in [4.78, 5) is 16.5. The average Bonchev–Trinajstić information content (AvgIpc) is 3.16. The Labute approximate surface area is 136 Å². The molecule has 0 unspecified atom stereocenters. The minimum atomic E-state index is 0.415. The summed E-state index contributed by atoms with van der Waals surface area (Å²) in [5.41, 5.74) is 4.73. The highest BCUT2D eigenvalue weighted by molar-refractivity contribution is 5.92. The van der Waals surface area contributed by atoms with E-state index < -0.39 is 0 Å². The van der Waals surface area contributed by atoms with Crippen LogP contribution in [0, 0.1) is 6.92 Å². The van der Waals surface area contributed by atoms with Gasteiger partial charge in [-0.15, -0.1) is 0 Å². The van der Waals surface area contributed by atoms with Gasteiger partial charge < -0.3 is 15.5 Å². The summed E-state index contributed by atoms with van der Waals surface area (Å²) in [5.74, 6) is 1.58. The number of likely N-dealkylation sites (N-methyl/N-ethyl adjacent to an activating group) is 1. The van der Waals surface area contributed by atoms with Crippen molar-refractivity contribution in [1.29, 1.82) is 0 Å². The SMILES string of the molecule is CNc1nc(N[C@@H]2CCN(C)C2)nc2nc(C)c3c(c12)CCC3. The van der Waals surface area contributed by atoms with E-state index in [1.807, 2.05) is 7.05 Å². The number of rotatable bonds is 3. The van der Waals surface area contributed by atoms with Crippen LogP contribution in [0.4, 0.5) is 11.8 Å². The van der Waals surface area contributed by atoms with Crippen molar-refractivity contribution in [2.45, 2.75) is 38.6 Å². The summed E-state index contributed by atoms with van der Waals surface area (Å²) in [6.45, 7) is 4.26. The summed E-state index contributed by atoms with van der Waals surface area (Å²) < 4.78 is 0. The van der Waals surface area contributed by atoms with Crippen molar-refractivity contribution in [2.24, 2.45) is 0 Å². The van der Waals surface area contributed by atoms with E-state index in [9.17, 15) is 0 Å². The lowest BCUT2D eigenvalue weighted by Crippen LogP contribution is -2.24. The average molecular weight is 312 g/mol. The van der Waals surface area contributed by atoms with E-state index in [-0.39, 0.29) is 0 Å². The number of anilines is 2. The van der Waals surface area contributed by atoms with Gasteiger partial charge in [0.15, 0.2) is 5.65 Å². The van der Waals surface area contributed by atoms with E-state index in [2.05, 4.69) is 29.5 Å². The maximum absolute atomic E-state index is 4.76. The van der Waals surface area contributed by atoms with Crippen molar-refractivity contribution >= 4 is 22.8 Å². The standard InChI is InChI=1S/C17H24N6/c1-10-12-5-4-6-13(12)14-15(18-2)21-17(22-16(14)19-10)20-11-7-8-23(3)9-11/h11H,4-9H2,1-3H3,(H2,18,19,20,21,22)/t11-/m1/s1. The topological polar surface area (TPSA) is 66.0 Å². The van der Waals surface area contributed by atoms with E-state index in [1.165, 1.54) is 17.5 Å². The van der Waals surface area contributed by atoms with Crippen molar-refractivity contribution in [3.63, 3.8) is 0 Å². The first-order chi connectivity index (χ1) is 11.2. The molecule has 6 nitrogen and oxygen atoms in total. The van der Waals surface area contributed by atoms with Crippen LogP contribution in [0.3, 0.4) is 0 Å². The Morgan fingerprint density at radius 3 is 2.70 bits per heavy atom. The molecule has 0 radical (unpaired) electrons. The third-order valence-electron chi connectivity index (χ3n) is 5.08. The normalized spacial score (nSPS) is 20.9. The van der Waals surface area contributed by atoms with Gasteiger partial charge in [-0.2, -0.15) is 9.97 Å². The largest absolute Gasteiger partial charge is 0.372 e. The number of aryl methyl sites for hydroxylation is 2. The molecule has 1 fully saturated rings. The van der Waals surface area contributed by atoms with Crippen molar-refractivity contribution in [1.82, 2.24) is 19.9 Å². The van der Waals surface area contributed by atoms with E-state index in [0.717, 1.165) is 54.9 Å². The zero-order chi connectivity index (χ0) is 16.0. The molecule has 122 valence electrons. The van der Waals surface area contributed by atoms with Crippen LogP contribution < -0.4 is 10.6 Å². The van der Waals surface area contributed by atoms with Gasteiger partial charge >= 0.3 is 0 Å². The second-order valence-corrected chi connectivity index (χ2v) is 6.74. The Hall–Kier alpha value is -1.95. The molecule has 0 saturated carbocycles. The highest BCUT2D eigenvalue weighted by Crippen LogP contribution is 2.34. The lowest BCUT2D eigenvalue weighted by atomic mass is 10.1. The lowest BCUT2D eigenvalue weighted by molar-refractivity contribution is 0.414. The molecule has 1 aliphatic heterocycles. The van der Waals surface area contributed by atoms with Crippen molar-refractivity contribution < 1.29 is 0 Å². The zero-order valence-corrected chi connectivity index (χ0v) is 14.1. The molecule has 0 bridgehead atoms. The highest BCUT2D eigenvalue weighted by Gasteiger charge is 2.24. The number of pyridine rings is 1. The van der Waals surface area contributed by atoms with Gasteiger partial charge in [-0.3, -0.25) is 0 Å². The molecule has 4 rings (SSSR count). The lowest BCUT2D eigenvalue weighted by Gasteiger charge is -2.16. The molecule has 2 aliphatic rings. The van der Waals surface area contributed by atoms with E-state index in [0.29, 0.717) is 12.0 Å². The smallest absolute Gasteiger partial charge is 0.226 e. The second-order valence-electron chi connectivity index (χ2n) is 6.74. The van der Waals surface area contributed by atoms with Gasteiger partial charge in [0.2, 0.25) is 5.95 Å². The fourth-order valence-electron chi connectivity index (χ4n) is 3.93. The molecule has 1 atom stereocenters. The van der Waals surface area contributed by atoms with E-state index in [1.54, 1.807) is 0 Å². The first-order valence-corrected chi connectivity index (χ1v) is 8.48. The van der Waals surface area contributed by atoms with Crippen molar-refractivity contribution in [3.05, 3.63) is 16.8 Å². The van der Waals surface area contributed by atoms with Crippen LogP contribution in [0.1, 0.15) is 29.7 Å². The van der Waals surface area contributed by atoms with Crippen LogP contribution in [0.5, 0.6) is 0 Å². The number of hydrogen-bond acceptors (Lipinski definition) is 6. The fourth-order valence-corrected chi connectivity index (χ4v) is 3.93. The molecule has 0 aromatic carbocycles. The van der Waals surface area contributed by atoms with Crippen LogP contribution in [-0.4, -0.2) is 53.1 Å². The Morgan fingerprint density at radius 2 is 1.96 bits per heavy atom. The quantitative estimate of drug-likeness (QED) is 0.903. The summed E-state index contributed by atoms with van der Waals surface area (Å²) >= 11 is 0. The van der Waals surface area contributed by atoms with Gasteiger partial charge in [-0.05, 0) is 57.3 Å². The molecule has 2 N–H and O–H groups in total. The van der Waals surface area contributed by atoms with Gasteiger partial charge in [0.1, 0.15) is 5.82 Å². The zero-order valence-electron chi connectivity index (χ0n) is 14.1. The van der Waals surface area contributed by atoms with Gasteiger partial charge in [0, 0.05) is 25.3 Å². The highest BCUT2D eigenvalue weighted by atomic mass is 15.2. The van der Waals surface area contributed by atoms with Crippen molar-refractivity contribution in [3.8, 4) is 0 Å². The monoisotopic (exact) mass is 312 g/mol. The van der Waals surface area contributed by atoms with Gasteiger partial charge in [-0.1, -0.05) is 0 Å². The number of aromatic nitrogens is 3. The maximum Gasteiger partial charge on any atom is 0.226 e. The summed E-state index contributed by atoms with van der Waals surface area (Å²) in [6, 6.07) is 0.415. The van der Waals surface area contributed by atoms with Crippen LogP contribution in [0.2, 0.25) is 0 Å². The molecule has 2 aromatic rings. The van der Waals surface area contributed by atoms with E-state index in [4.69, 9.17) is 15.0 Å². The second kappa shape index (κ2) is 5.60. The first-order valence-electron chi connectivity index (χ1n) is 8.48. The molecule has 2 aromatic heterocycles. The molecule has 3 heterocycles. The summed E-state index contributed by atoms with van der Waals surface area (Å²) in [7, 11) is 4.08. The van der Waals surface area contributed by atoms with Crippen LogP contribution in [0.25, 0.3) is 11.0 Å². The van der Waals surface area contributed by atoms with Crippen LogP contribution >= 0.6 is 0 Å². The minimum absolute atomic E-state index is 0.415. The fraction of sp³-hybridized carbons (Fsp3) is 0.588. The number of likely N-dealkylation sites (tertiary alicyclic amines) is 1. The Bertz CT molecular complexity index is 757. The number of fused-ring (bicyclic) bond motifs is 3. The molecular formula is C17H24N6. The first kappa shape index (κ1) is 14.6. The van der Waals surface area contributed by atoms with E-state index >= 15 is 0 Å². The van der Waals surface area contributed by atoms with Gasteiger partial charge in [-0.25, -0.2) is 4.98 Å². The Kier molecular flexibility index (Phi) is 3.56. The third kappa shape index (κ3) is 2.51. The molecular weight excluding hydrogens is 288 g/mol.